The van der Waals surface area contributed by atoms with E-state index >= 15 is 0 Å². The van der Waals surface area contributed by atoms with E-state index in [2.05, 4.69) is 10.3 Å². The van der Waals surface area contributed by atoms with Crippen molar-refractivity contribution in [2.24, 2.45) is 4.99 Å². The second-order valence-corrected chi connectivity index (χ2v) is 6.57. The van der Waals surface area contributed by atoms with Crippen LogP contribution >= 0.6 is 11.6 Å². The van der Waals surface area contributed by atoms with Gasteiger partial charge in [-0.05, 0) is 36.8 Å². The number of carboxylic acids is 1. The number of carboxylic acid groups (broad SMARTS) is 1. The molecule has 0 aromatic heterocycles. The highest BCUT2D eigenvalue weighted by Crippen LogP contribution is 2.30. The van der Waals surface area contributed by atoms with Gasteiger partial charge in [0.25, 0.3) is 6.02 Å². The maximum absolute atomic E-state index is 14.5. The van der Waals surface area contributed by atoms with E-state index in [1.807, 2.05) is 13.0 Å². The summed E-state index contributed by atoms with van der Waals surface area (Å²) in [6, 6.07) is 4.76. The normalized spacial score (nSPS) is 18.7. The third-order valence-corrected chi connectivity index (χ3v) is 4.36. The van der Waals surface area contributed by atoms with E-state index in [1.54, 1.807) is 30.4 Å². The third kappa shape index (κ3) is 7.08. The standard InChI is InChI=1S/C22H24ClFN2O4/c1-3-4-5-15(7-9-21(27)28)30-22-25-12-10-17(19(23)11-13-26-22)18-8-6-16(29-2)14-20(18)24/h4-8,10-11,14H,3,9,12-13H2,1-2H3,(H,25,26)(H,27,28)/b5-4-,15-7+,17-10-,19-11+. The zero-order chi connectivity index (χ0) is 21.9. The number of nitrogens with zero attached hydrogens (tertiary/aromatic N) is 1. The van der Waals surface area contributed by atoms with E-state index in [9.17, 15) is 9.18 Å². The number of ether oxygens (including phenoxy) is 2. The van der Waals surface area contributed by atoms with Gasteiger partial charge in [-0.3, -0.25) is 4.79 Å². The van der Waals surface area contributed by atoms with Gasteiger partial charge in [-0.15, -0.1) is 0 Å². The zero-order valence-electron chi connectivity index (χ0n) is 16.8. The molecule has 0 aliphatic carbocycles. The molecule has 0 saturated carbocycles. The lowest BCUT2D eigenvalue weighted by Crippen LogP contribution is -2.26. The highest BCUT2D eigenvalue weighted by Gasteiger charge is 2.14. The van der Waals surface area contributed by atoms with Crippen LogP contribution in [-0.2, 0) is 9.53 Å². The summed E-state index contributed by atoms with van der Waals surface area (Å²) in [5.41, 5.74) is 0.848. The van der Waals surface area contributed by atoms with Crippen molar-refractivity contribution in [2.45, 2.75) is 19.8 Å². The van der Waals surface area contributed by atoms with E-state index < -0.39 is 11.8 Å². The lowest BCUT2D eigenvalue weighted by molar-refractivity contribution is -0.136. The minimum atomic E-state index is -0.964. The minimum absolute atomic E-state index is 0.177. The molecular formula is C22H24ClFN2O4. The Kier molecular flexibility index (Phi) is 9.15. The van der Waals surface area contributed by atoms with E-state index in [4.69, 9.17) is 26.2 Å². The lowest BCUT2D eigenvalue weighted by Gasteiger charge is -2.10. The molecule has 1 heterocycles. The van der Waals surface area contributed by atoms with E-state index in [-0.39, 0.29) is 25.5 Å². The first-order chi connectivity index (χ1) is 14.4. The minimum Gasteiger partial charge on any atom is -0.497 e. The summed E-state index contributed by atoms with van der Waals surface area (Å²) in [7, 11) is 1.47. The maximum atomic E-state index is 14.5. The lowest BCUT2D eigenvalue weighted by atomic mass is 10.0. The summed E-state index contributed by atoms with van der Waals surface area (Å²) in [6.45, 7) is 2.42. The van der Waals surface area contributed by atoms with Crippen LogP contribution in [0.1, 0.15) is 25.3 Å². The van der Waals surface area contributed by atoms with Crippen LogP contribution in [0.4, 0.5) is 4.39 Å². The molecular weight excluding hydrogens is 411 g/mol. The molecule has 2 N–H and O–H groups in total. The average molecular weight is 435 g/mol. The van der Waals surface area contributed by atoms with E-state index in [0.717, 1.165) is 6.42 Å². The van der Waals surface area contributed by atoms with Crippen molar-refractivity contribution < 1.29 is 23.8 Å². The number of carbonyl (C=O) groups is 1. The van der Waals surface area contributed by atoms with Crippen LogP contribution in [0.25, 0.3) is 5.57 Å². The van der Waals surface area contributed by atoms with E-state index in [0.29, 0.717) is 27.7 Å². The van der Waals surface area contributed by atoms with E-state index in [1.165, 1.54) is 19.3 Å². The number of halogens is 2. The predicted molar refractivity (Wildman–Crippen MR) is 116 cm³/mol. The Balaban J connectivity index is 2.26. The van der Waals surface area contributed by atoms with Crippen molar-refractivity contribution in [3.63, 3.8) is 0 Å². The SMILES string of the molecule is CC/C=C\C(=C/CC(=O)O)OC1=NC/C=C(c2ccc(OC)cc2F)\C(Cl)=C/CN1. The fourth-order valence-electron chi connectivity index (χ4n) is 2.54. The second kappa shape index (κ2) is 11.8. The molecule has 0 spiro atoms. The average Bonchev–Trinajstić information content (AvgIpc) is 2.80. The molecule has 2 rings (SSSR count). The number of methoxy groups -OCH3 is 1. The van der Waals surface area contributed by atoms with Gasteiger partial charge in [-0.1, -0.05) is 30.7 Å². The van der Waals surface area contributed by atoms with Crippen LogP contribution in [0.5, 0.6) is 5.75 Å². The summed E-state index contributed by atoms with van der Waals surface area (Å²) in [5.74, 6) is -0.640. The number of amidine groups is 1. The molecule has 1 aliphatic heterocycles. The summed E-state index contributed by atoms with van der Waals surface area (Å²) in [6.07, 6.45) is 8.98. The number of nitrogens with one attached hydrogen (secondary N) is 1. The molecule has 0 saturated heterocycles. The Hall–Kier alpha value is -3.06. The van der Waals surface area contributed by atoms with Crippen LogP contribution < -0.4 is 10.1 Å². The summed E-state index contributed by atoms with van der Waals surface area (Å²) >= 11 is 6.39. The van der Waals surface area contributed by atoms with Gasteiger partial charge >= 0.3 is 5.97 Å². The molecule has 0 atom stereocenters. The Bertz CT molecular complexity index is 920. The van der Waals surface area contributed by atoms with Gasteiger partial charge in [-0.2, -0.15) is 0 Å². The Morgan fingerprint density at radius 3 is 2.87 bits per heavy atom. The van der Waals surface area contributed by atoms with Gasteiger partial charge < -0.3 is 19.9 Å². The van der Waals surface area contributed by atoms with Gasteiger partial charge in [0, 0.05) is 28.8 Å². The summed E-state index contributed by atoms with van der Waals surface area (Å²) in [4.78, 5) is 15.2. The molecule has 0 fully saturated rings. The van der Waals surface area contributed by atoms with Crippen molar-refractivity contribution in [1.82, 2.24) is 5.32 Å². The van der Waals surface area contributed by atoms with Crippen LogP contribution in [0.15, 0.2) is 64.4 Å². The van der Waals surface area contributed by atoms with Crippen molar-refractivity contribution in [3.05, 3.63) is 70.8 Å². The summed E-state index contributed by atoms with van der Waals surface area (Å²) < 4.78 is 25.3. The molecule has 1 aromatic rings. The van der Waals surface area contributed by atoms with Crippen molar-refractivity contribution in [1.29, 1.82) is 0 Å². The number of hydrogen-bond acceptors (Lipinski definition) is 5. The van der Waals surface area contributed by atoms with Crippen LogP contribution in [0.3, 0.4) is 0 Å². The first-order valence-electron chi connectivity index (χ1n) is 9.39. The van der Waals surface area contributed by atoms with Gasteiger partial charge in [0.2, 0.25) is 0 Å². The molecule has 0 amide bonds. The number of rotatable bonds is 7. The summed E-state index contributed by atoms with van der Waals surface area (Å²) in [5, 5.41) is 12.3. The Morgan fingerprint density at radius 2 is 2.20 bits per heavy atom. The van der Waals surface area contributed by atoms with Crippen molar-refractivity contribution >= 4 is 29.2 Å². The highest BCUT2D eigenvalue weighted by molar-refractivity contribution is 6.37. The van der Waals surface area contributed by atoms with Crippen LogP contribution in [-0.4, -0.2) is 37.3 Å². The number of aliphatic imine (C=N–C) groups is 1. The Morgan fingerprint density at radius 1 is 1.40 bits per heavy atom. The van der Waals surface area contributed by atoms with Gasteiger partial charge in [0.05, 0.1) is 20.1 Å². The van der Waals surface area contributed by atoms with Crippen LogP contribution in [0.2, 0.25) is 0 Å². The molecule has 0 radical (unpaired) electrons. The zero-order valence-corrected chi connectivity index (χ0v) is 17.6. The number of hydrogen-bond donors (Lipinski definition) is 2. The number of aliphatic carboxylic acids is 1. The van der Waals surface area contributed by atoms with Gasteiger partial charge in [-0.25, -0.2) is 9.38 Å². The molecule has 0 unspecified atom stereocenters. The number of benzene rings is 1. The first-order valence-corrected chi connectivity index (χ1v) is 9.77. The second-order valence-electron chi connectivity index (χ2n) is 6.16. The molecule has 0 bridgehead atoms. The van der Waals surface area contributed by atoms with Gasteiger partial charge in [0.15, 0.2) is 0 Å². The molecule has 1 aliphatic rings. The maximum Gasteiger partial charge on any atom is 0.307 e. The third-order valence-electron chi connectivity index (χ3n) is 4.00. The topological polar surface area (TPSA) is 80.2 Å². The first kappa shape index (κ1) is 23.2. The predicted octanol–water partition coefficient (Wildman–Crippen LogP) is 4.64. The molecule has 6 nitrogen and oxygen atoms in total. The number of allylic oxidation sites excluding steroid dienone is 4. The van der Waals surface area contributed by atoms with Crippen LogP contribution in [0, 0.1) is 5.82 Å². The van der Waals surface area contributed by atoms with Gasteiger partial charge in [0.1, 0.15) is 17.3 Å². The highest BCUT2D eigenvalue weighted by atomic mass is 35.5. The Labute approximate surface area is 180 Å². The van der Waals surface area contributed by atoms with Crippen molar-refractivity contribution in [3.8, 4) is 5.75 Å². The fourth-order valence-corrected chi connectivity index (χ4v) is 2.79. The quantitative estimate of drug-likeness (QED) is 0.482. The monoisotopic (exact) mass is 434 g/mol. The molecule has 1 aromatic carbocycles. The fraction of sp³-hybridized carbons (Fsp3) is 0.273. The molecule has 30 heavy (non-hydrogen) atoms. The molecule has 8 heteroatoms. The van der Waals surface area contributed by atoms with Crippen molar-refractivity contribution in [2.75, 3.05) is 20.2 Å². The smallest absolute Gasteiger partial charge is 0.307 e. The largest absolute Gasteiger partial charge is 0.497 e. The molecule has 160 valence electrons.